The second-order valence-corrected chi connectivity index (χ2v) is 6.19. The minimum Gasteiger partial charge on any atom is -0.386 e. The number of nitrogens with two attached hydrogens (primary N) is 1. The van der Waals surface area contributed by atoms with Crippen LogP contribution in [0.1, 0.15) is 39.0 Å². The van der Waals surface area contributed by atoms with Gasteiger partial charge in [-0.15, -0.1) is 11.8 Å². The third-order valence-corrected chi connectivity index (χ3v) is 5.15. The number of thioether (sulfide) groups is 1. The Kier molecular flexibility index (Phi) is 4.17. The quantitative estimate of drug-likeness (QED) is 0.857. The Bertz CT molecular complexity index is 501. The van der Waals surface area contributed by atoms with Gasteiger partial charge in [0.05, 0.1) is 17.7 Å². The van der Waals surface area contributed by atoms with Gasteiger partial charge in [0.15, 0.2) is 0 Å². The summed E-state index contributed by atoms with van der Waals surface area (Å²) < 4.78 is 0. The molecule has 1 spiro atoms. The molecule has 4 nitrogen and oxygen atoms in total. The monoisotopic (exact) mass is 274 g/mol. The van der Waals surface area contributed by atoms with Crippen molar-refractivity contribution in [2.45, 2.75) is 39.0 Å². The van der Waals surface area contributed by atoms with E-state index in [0.717, 1.165) is 42.9 Å². The third kappa shape index (κ3) is 2.24. The van der Waals surface area contributed by atoms with Crippen molar-refractivity contribution in [3.63, 3.8) is 0 Å². The summed E-state index contributed by atoms with van der Waals surface area (Å²) in [4.78, 5) is 4.34. The summed E-state index contributed by atoms with van der Waals surface area (Å²) in [7, 11) is 0. The van der Waals surface area contributed by atoms with E-state index in [0.29, 0.717) is 11.4 Å². The minimum absolute atomic E-state index is 0.370. The first-order chi connectivity index (χ1) is 9.19. The van der Waals surface area contributed by atoms with Crippen molar-refractivity contribution in [3.8, 4) is 12.1 Å². The second kappa shape index (κ2) is 5.67. The maximum atomic E-state index is 9.55. The Morgan fingerprint density at radius 3 is 2.63 bits per heavy atom. The highest BCUT2D eigenvalue weighted by Gasteiger charge is 2.50. The Hall–Kier alpha value is -1.46. The van der Waals surface area contributed by atoms with Crippen molar-refractivity contribution in [1.29, 1.82) is 10.5 Å². The van der Waals surface area contributed by atoms with Crippen LogP contribution in [0.4, 0.5) is 0 Å². The zero-order valence-corrected chi connectivity index (χ0v) is 12.0. The van der Waals surface area contributed by atoms with Crippen molar-refractivity contribution in [2.75, 3.05) is 5.75 Å². The topological polar surface area (TPSA) is 86.0 Å². The highest BCUT2D eigenvalue weighted by Crippen LogP contribution is 2.53. The summed E-state index contributed by atoms with van der Waals surface area (Å²) in [5.74, 6) is 0.877. The zero-order chi connectivity index (χ0) is 13.9. The second-order valence-electron chi connectivity index (χ2n) is 5.10. The van der Waals surface area contributed by atoms with E-state index in [-0.39, 0.29) is 5.41 Å². The lowest BCUT2D eigenvalue weighted by Gasteiger charge is -2.36. The summed E-state index contributed by atoms with van der Waals surface area (Å²) in [5, 5.41) is 19.7. The molecule has 0 aromatic carbocycles. The summed E-state index contributed by atoms with van der Waals surface area (Å²) in [6.07, 6.45) is 4.89. The van der Waals surface area contributed by atoms with Crippen LogP contribution in [-0.4, -0.2) is 11.6 Å². The first kappa shape index (κ1) is 14.0. The van der Waals surface area contributed by atoms with Crippen LogP contribution < -0.4 is 5.73 Å². The van der Waals surface area contributed by atoms with Crippen LogP contribution in [0.15, 0.2) is 15.6 Å². The summed E-state index contributed by atoms with van der Waals surface area (Å²) in [6, 6.07) is 4.60. The number of aliphatic imine (C=N–C) groups is 1. The predicted octanol–water partition coefficient (Wildman–Crippen LogP) is 2.94. The number of hydrogen-bond donors (Lipinski definition) is 1. The molecule has 1 heterocycles. The van der Waals surface area contributed by atoms with Gasteiger partial charge in [0.2, 0.25) is 0 Å². The van der Waals surface area contributed by atoms with E-state index >= 15 is 0 Å². The van der Waals surface area contributed by atoms with Gasteiger partial charge in [-0.1, -0.05) is 19.8 Å². The van der Waals surface area contributed by atoms with Crippen LogP contribution in [0.2, 0.25) is 0 Å². The van der Waals surface area contributed by atoms with Crippen LogP contribution in [0.3, 0.4) is 0 Å². The molecular formula is C14H18N4S. The fraction of sp³-hybridized carbons (Fsp3) is 0.643. The molecule has 19 heavy (non-hydrogen) atoms. The largest absolute Gasteiger partial charge is 0.386 e. The molecule has 0 amide bonds. The average Bonchev–Trinajstić information content (AvgIpc) is 2.86. The Labute approximate surface area is 118 Å². The molecule has 2 aliphatic rings. The third-order valence-electron chi connectivity index (χ3n) is 3.97. The Morgan fingerprint density at radius 1 is 1.42 bits per heavy atom. The molecule has 1 aliphatic carbocycles. The van der Waals surface area contributed by atoms with E-state index < -0.39 is 5.92 Å². The minimum atomic E-state index is -0.435. The van der Waals surface area contributed by atoms with Crippen LogP contribution >= 0.6 is 11.8 Å². The maximum absolute atomic E-state index is 9.55. The summed E-state index contributed by atoms with van der Waals surface area (Å²) in [6.45, 7) is 2.10. The molecule has 100 valence electrons. The molecule has 0 aromatic heterocycles. The summed E-state index contributed by atoms with van der Waals surface area (Å²) >= 11 is 1.59. The molecule has 1 unspecified atom stereocenters. The molecule has 1 aliphatic heterocycles. The number of amidine groups is 1. The lowest BCUT2D eigenvalue weighted by atomic mass is 9.68. The molecule has 0 saturated heterocycles. The van der Waals surface area contributed by atoms with Crippen molar-refractivity contribution in [3.05, 3.63) is 10.6 Å². The maximum Gasteiger partial charge on any atom is 0.119 e. The molecular weight excluding hydrogens is 256 g/mol. The first-order valence-corrected chi connectivity index (χ1v) is 7.69. The standard InChI is InChI=1S/C14H18N4S/c1-2-7-19-13-11(9-16)14(5-3-4-6-14)10(8-15)12(17)18-13/h10H,2-7H2,1H3,(H2,17,18). The van der Waals surface area contributed by atoms with Crippen molar-refractivity contribution in [1.82, 2.24) is 0 Å². The number of nitriles is 2. The highest BCUT2D eigenvalue weighted by molar-refractivity contribution is 8.03. The van der Waals surface area contributed by atoms with Crippen LogP contribution in [0, 0.1) is 34.0 Å². The van der Waals surface area contributed by atoms with Gasteiger partial charge in [0.25, 0.3) is 0 Å². The number of allylic oxidation sites excluding steroid dienone is 1. The molecule has 0 aromatic rings. The van der Waals surface area contributed by atoms with E-state index in [1.807, 2.05) is 0 Å². The van der Waals surface area contributed by atoms with E-state index in [2.05, 4.69) is 24.1 Å². The first-order valence-electron chi connectivity index (χ1n) is 6.71. The van der Waals surface area contributed by atoms with Gasteiger partial charge in [-0.3, -0.25) is 0 Å². The van der Waals surface area contributed by atoms with Gasteiger partial charge >= 0.3 is 0 Å². The fourth-order valence-corrected chi connectivity index (χ4v) is 4.04. The zero-order valence-electron chi connectivity index (χ0n) is 11.1. The lowest BCUT2D eigenvalue weighted by Crippen LogP contribution is -2.41. The van der Waals surface area contributed by atoms with Crippen molar-refractivity contribution < 1.29 is 0 Å². The van der Waals surface area contributed by atoms with Crippen LogP contribution in [0.5, 0.6) is 0 Å². The molecule has 2 N–H and O–H groups in total. The molecule has 1 fully saturated rings. The smallest absolute Gasteiger partial charge is 0.119 e. The highest BCUT2D eigenvalue weighted by atomic mass is 32.2. The molecule has 2 rings (SSSR count). The van der Waals surface area contributed by atoms with Gasteiger partial charge in [-0.2, -0.15) is 10.5 Å². The molecule has 5 heteroatoms. The van der Waals surface area contributed by atoms with Gasteiger partial charge in [-0.25, -0.2) is 4.99 Å². The number of rotatable bonds is 3. The lowest BCUT2D eigenvalue weighted by molar-refractivity contribution is 0.329. The predicted molar refractivity (Wildman–Crippen MR) is 77.0 cm³/mol. The van der Waals surface area contributed by atoms with Crippen molar-refractivity contribution >= 4 is 17.6 Å². The molecule has 0 bridgehead atoms. The van der Waals surface area contributed by atoms with Crippen molar-refractivity contribution in [2.24, 2.45) is 22.1 Å². The van der Waals surface area contributed by atoms with Crippen LogP contribution in [0.25, 0.3) is 0 Å². The molecule has 0 radical (unpaired) electrons. The van der Waals surface area contributed by atoms with E-state index in [4.69, 9.17) is 5.73 Å². The number of hydrogen-bond acceptors (Lipinski definition) is 5. The van der Waals surface area contributed by atoms with Crippen LogP contribution in [-0.2, 0) is 0 Å². The SMILES string of the molecule is CCCSC1=C(C#N)C2(CCCC2)C(C#N)C(N)=N1. The Morgan fingerprint density at radius 2 is 2.11 bits per heavy atom. The van der Waals surface area contributed by atoms with Gasteiger partial charge in [0.1, 0.15) is 16.8 Å². The number of nitrogens with zero attached hydrogens (tertiary/aromatic N) is 3. The fourth-order valence-electron chi connectivity index (χ4n) is 3.07. The normalized spacial score (nSPS) is 25.0. The average molecular weight is 274 g/mol. The summed E-state index contributed by atoms with van der Waals surface area (Å²) in [5.41, 5.74) is 6.32. The Balaban J connectivity index is 2.49. The van der Waals surface area contributed by atoms with Gasteiger partial charge in [-0.05, 0) is 25.0 Å². The van der Waals surface area contributed by atoms with Gasteiger partial charge in [0, 0.05) is 5.41 Å². The molecule has 1 saturated carbocycles. The van der Waals surface area contributed by atoms with E-state index in [1.165, 1.54) is 0 Å². The van der Waals surface area contributed by atoms with E-state index in [1.54, 1.807) is 11.8 Å². The van der Waals surface area contributed by atoms with E-state index in [9.17, 15) is 10.5 Å². The van der Waals surface area contributed by atoms with Gasteiger partial charge < -0.3 is 5.73 Å². The molecule has 1 atom stereocenters.